The van der Waals surface area contributed by atoms with Crippen molar-refractivity contribution in [3.63, 3.8) is 0 Å². The Morgan fingerprint density at radius 1 is 1.22 bits per heavy atom. The Hall–Kier alpha value is -2.66. The molecule has 0 saturated carbocycles. The van der Waals surface area contributed by atoms with E-state index in [4.69, 9.17) is 4.74 Å². The molecule has 1 aromatic carbocycles. The van der Waals surface area contributed by atoms with Gasteiger partial charge in [-0.2, -0.15) is 17.5 Å². The number of sulfonamides is 1. The van der Waals surface area contributed by atoms with Gasteiger partial charge in [-0.1, -0.05) is 12.1 Å². The molecule has 3 rings (SSSR count). The molecule has 144 valence electrons. The van der Waals surface area contributed by atoms with Crippen LogP contribution in [0.25, 0.3) is 5.65 Å². The zero-order chi connectivity index (χ0) is 19.8. The van der Waals surface area contributed by atoms with Crippen molar-refractivity contribution in [3.8, 4) is 5.75 Å². The lowest BCUT2D eigenvalue weighted by Gasteiger charge is -2.29. The van der Waals surface area contributed by atoms with Gasteiger partial charge in [0, 0.05) is 25.6 Å². The summed E-state index contributed by atoms with van der Waals surface area (Å²) in [5.74, 6) is 0.359. The smallest absolute Gasteiger partial charge is 0.409 e. The lowest BCUT2D eigenvalue weighted by Crippen LogP contribution is -2.39. The van der Waals surface area contributed by atoms with Crippen LogP contribution in [0.5, 0.6) is 5.75 Å². The second kappa shape index (κ2) is 6.82. The quantitative estimate of drug-likeness (QED) is 0.658. The van der Waals surface area contributed by atoms with Crippen LogP contribution >= 0.6 is 0 Å². The van der Waals surface area contributed by atoms with E-state index in [1.54, 1.807) is 0 Å². The van der Waals surface area contributed by atoms with Crippen molar-refractivity contribution in [2.45, 2.75) is 17.2 Å². The molecule has 0 unspecified atom stereocenters. The maximum atomic E-state index is 13.7. The number of rotatable bonds is 5. The Labute approximate surface area is 153 Å². The Morgan fingerprint density at radius 2 is 1.89 bits per heavy atom. The number of aromatic nitrogens is 3. The summed E-state index contributed by atoms with van der Waals surface area (Å²) in [6.07, 6.45) is 0.474. The van der Waals surface area contributed by atoms with Crippen molar-refractivity contribution in [1.29, 1.82) is 0 Å². The molecule has 0 aliphatic heterocycles. The minimum absolute atomic E-state index is 0.206. The van der Waals surface area contributed by atoms with Gasteiger partial charge in [-0.05, 0) is 17.7 Å². The fourth-order valence-electron chi connectivity index (χ4n) is 2.62. The van der Waals surface area contributed by atoms with Crippen LogP contribution in [0.15, 0.2) is 54.1 Å². The first kappa shape index (κ1) is 19.1. The van der Waals surface area contributed by atoms with Crippen molar-refractivity contribution < 1.29 is 26.3 Å². The Bertz CT molecular complexity index is 1020. The van der Waals surface area contributed by atoms with E-state index in [1.807, 2.05) is 0 Å². The molecule has 11 heteroatoms. The highest BCUT2D eigenvalue weighted by Gasteiger charge is 2.48. The average molecular weight is 400 g/mol. The molecule has 0 aliphatic rings. The van der Waals surface area contributed by atoms with Gasteiger partial charge >= 0.3 is 6.18 Å². The highest BCUT2D eigenvalue weighted by atomic mass is 32.2. The molecule has 0 spiro atoms. The van der Waals surface area contributed by atoms with E-state index in [0.29, 0.717) is 5.75 Å². The minimum Gasteiger partial charge on any atom is -0.497 e. The van der Waals surface area contributed by atoms with Crippen molar-refractivity contribution in [2.75, 3.05) is 14.2 Å². The number of halogens is 3. The third kappa shape index (κ3) is 3.60. The predicted molar refractivity (Wildman–Crippen MR) is 89.7 cm³/mol. The van der Waals surface area contributed by atoms with Crippen molar-refractivity contribution in [1.82, 2.24) is 18.7 Å². The summed E-state index contributed by atoms with van der Waals surface area (Å²) in [4.78, 5) is 7.68. The summed E-state index contributed by atoms with van der Waals surface area (Å²) in [5, 5.41) is -0.499. The molecular weight excluding hydrogens is 385 g/mol. The van der Waals surface area contributed by atoms with Crippen LogP contribution in [0.2, 0.25) is 0 Å². The van der Waals surface area contributed by atoms with Gasteiger partial charge in [-0.3, -0.25) is 4.98 Å². The topological polar surface area (TPSA) is 76.8 Å². The summed E-state index contributed by atoms with van der Waals surface area (Å²) < 4.78 is 73.3. The maximum Gasteiger partial charge on any atom is 0.409 e. The van der Waals surface area contributed by atoms with Gasteiger partial charge in [0.15, 0.2) is 10.7 Å². The number of hydrogen-bond acceptors (Lipinski definition) is 5. The maximum absolute atomic E-state index is 13.7. The monoisotopic (exact) mass is 400 g/mol. The zero-order valence-electron chi connectivity index (χ0n) is 14.3. The van der Waals surface area contributed by atoms with Crippen LogP contribution in [0.4, 0.5) is 13.2 Å². The van der Waals surface area contributed by atoms with Gasteiger partial charge in [0.1, 0.15) is 11.8 Å². The molecule has 27 heavy (non-hydrogen) atoms. The second-order valence-electron chi connectivity index (χ2n) is 5.66. The van der Waals surface area contributed by atoms with E-state index < -0.39 is 27.3 Å². The van der Waals surface area contributed by atoms with Gasteiger partial charge < -0.3 is 9.14 Å². The Kier molecular flexibility index (Phi) is 4.82. The van der Waals surface area contributed by atoms with Crippen LogP contribution in [0, 0.1) is 0 Å². The number of nitrogens with zero attached hydrogens (tertiary/aromatic N) is 4. The highest BCUT2D eigenvalue weighted by molar-refractivity contribution is 7.89. The molecule has 0 saturated heterocycles. The average Bonchev–Trinajstić information content (AvgIpc) is 3.06. The largest absolute Gasteiger partial charge is 0.497 e. The summed E-state index contributed by atoms with van der Waals surface area (Å²) in [7, 11) is -2.27. The normalized spacial score (nSPS) is 13.9. The fourth-order valence-corrected chi connectivity index (χ4v) is 3.89. The van der Waals surface area contributed by atoms with E-state index in [1.165, 1.54) is 54.4 Å². The van der Waals surface area contributed by atoms with Gasteiger partial charge in [0.05, 0.1) is 13.3 Å². The van der Waals surface area contributed by atoms with E-state index in [0.717, 1.165) is 13.2 Å². The third-order valence-electron chi connectivity index (χ3n) is 3.99. The number of hydrogen-bond donors (Lipinski definition) is 0. The third-order valence-corrected chi connectivity index (χ3v) is 5.69. The lowest BCUT2D eigenvalue weighted by atomic mass is 10.1. The number of imidazole rings is 1. The van der Waals surface area contributed by atoms with Gasteiger partial charge in [-0.15, -0.1) is 0 Å². The van der Waals surface area contributed by atoms with Crippen LogP contribution in [0.1, 0.15) is 11.6 Å². The molecule has 0 bridgehead atoms. The Balaban J connectivity index is 2.05. The minimum atomic E-state index is -4.84. The molecule has 2 aromatic heterocycles. The molecule has 0 aliphatic carbocycles. The van der Waals surface area contributed by atoms with Gasteiger partial charge in [0.2, 0.25) is 0 Å². The van der Waals surface area contributed by atoms with E-state index >= 15 is 0 Å². The van der Waals surface area contributed by atoms with Crippen molar-refractivity contribution in [2.24, 2.45) is 0 Å². The summed E-state index contributed by atoms with van der Waals surface area (Å²) in [5.41, 5.74) is -0.0303. The Morgan fingerprint density at radius 3 is 2.44 bits per heavy atom. The molecule has 0 N–H and O–H groups in total. The molecule has 3 aromatic rings. The number of fused-ring (bicyclic) bond motifs is 1. The molecule has 7 nitrogen and oxygen atoms in total. The van der Waals surface area contributed by atoms with Crippen LogP contribution in [0.3, 0.4) is 0 Å². The first-order valence-electron chi connectivity index (χ1n) is 7.62. The highest BCUT2D eigenvalue weighted by Crippen LogP contribution is 2.39. The molecule has 0 radical (unpaired) electrons. The molecule has 1 atom stereocenters. The van der Waals surface area contributed by atoms with Crippen molar-refractivity contribution >= 4 is 15.7 Å². The number of ether oxygens (including phenoxy) is 1. The first-order valence-corrected chi connectivity index (χ1v) is 9.06. The van der Waals surface area contributed by atoms with Gasteiger partial charge in [-0.25, -0.2) is 13.4 Å². The first-order chi connectivity index (χ1) is 12.6. The second-order valence-corrected chi connectivity index (χ2v) is 7.60. The van der Waals surface area contributed by atoms with Crippen molar-refractivity contribution in [3.05, 3.63) is 54.6 Å². The summed E-state index contributed by atoms with van der Waals surface area (Å²) in [6.45, 7) is 0. The fraction of sp³-hybridized carbons (Fsp3) is 0.250. The number of benzene rings is 1. The van der Waals surface area contributed by atoms with Crippen LogP contribution < -0.4 is 4.74 Å². The molecule has 0 amide bonds. The van der Waals surface area contributed by atoms with E-state index in [9.17, 15) is 21.6 Å². The van der Waals surface area contributed by atoms with Crippen LogP contribution in [-0.4, -0.2) is 47.4 Å². The molecule has 0 fully saturated rings. The molecular formula is C16H15F3N4O3S. The summed E-state index contributed by atoms with van der Waals surface area (Å²) in [6, 6.07) is 2.65. The van der Waals surface area contributed by atoms with E-state index in [2.05, 4.69) is 9.97 Å². The lowest BCUT2D eigenvalue weighted by molar-refractivity contribution is -0.171. The SMILES string of the molecule is COc1ccc([C@@H](N(C)S(=O)(=O)c2cn3ccncc3n2)C(F)(F)F)cc1. The zero-order valence-corrected chi connectivity index (χ0v) is 15.1. The van der Waals surface area contributed by atoms with Crippen LogP contribution in [-0.2, 0) is 10.0 Å². The van der Waals surface area contributed by atoms with Gasteiger partial charge in [0.25, 0.3) is 10.0 Å². The predicted octanol–water partition coefficient (Wildman–Crippen LogP) is 2.66. The number of alkyl halides is 3. The summed E-state index contributed by atoms with van der Waals surface area (Å²) >= 11 is 0. The molecule has 2 heterocycles. The standard InChI is InChI=1S/C16H15F3N4O3S/c1-22(15(16(17,18)19)11-3-5-12(26-2)6-4-11)27(24,25)14-10-23-8-7-20-9-13(23)21-14/h3-10,15H,1-2H3/t15-/m1/s1. The van der Waals surface area contributed by atoms with E-state index in [-0.39, 0.29) is 15.5 Å². The number of methoxy groups -OCH3 is 1.